The summed E-state index contributed by atoms with van der Waals surface area (Å²) in [6.45, 7) is 3.90. The van der Waals surface area contributed by atoms with E-state index in [9.17, 15) is 4.79 Å². The Kier molecular flexibility index (Phi) is 4.58. The number of carbonyl (C=O) groups is 1. The quantitative estimate of drug-likeness (QED) is 0.596. The van der Waals surface area contributed by atoms with Crippen LogP contribution in [-0.2, 0) is 0 Å². The molecule has 0 heterocycles. The molecule has 0 aliphatic carbocycles. The van der Waals surface area contributed by atoms with Crippen LogP contribution >= 0.6 is 22.6 Å². The van der Waals surface area contributed by atoms with Gasteiger partial charge in [0.25, 0.3) is 0 Å². The Bertz CT molecular complexity index is 574. The van der Waals surface area contributed by atoms with Gasteiger partial charge in [-0.15, -0.1) is 0 Å². The van der Waals surface area contributed by atoms with Gasteiger partial charge in [0.05, 0.1) is 11.7 Å². The van der Waals surface area contributed by atoms with E-state index in [1.807, 2.05) is 56.3 Å². The fraction of sp³-hybridized carbons (Fsp3) is 0.188. The van der Waals surface area contributed by atoms with E-state index in [2.05, 4.69) is 22.6 Å². The van der Waals surface area contributed by atoms with Crippen LogP contribution in [0.5, 0.6) is 5.75 Å². The summed E-state index contributed by atoms with van der Waals surface area (Å²) in [6.07, 6.45) is 0.0469. The molecular weight excluding hydrogens is 351 g/mol. The van der Waals surface area contributed by atoms with Gasteiger partial charge in [-0.3, -0.25) is 4.79 Å². The minimum atomic E-state index is -0.00681. The number of ether oxygens (including phenoxy) is 1. The highest BCUT2D eigenvalue weighted by Gasteiger charge is 2.14. The molecule has 0 aliphatic heterocycles. The summed E-state index contributed by atoms with van der Waals surface area (Å²) in [5.74, 6) is 0.633. The van der Waals surface area contributed by atoms with Gasteiger partial charge < -0.3 is 4.74 Å². The van der Waals surface area contributed by atoms with E-state index in [-0.39, 0.29) is 11.9 Å². The maximum absolute atomic E-state index is 12.5. The third kappa shape index (κ3) is 3.56. The standard InChI is InChI=1S/C16H15IO2/c1-11(2)19-15-6-4-3-5-14(15)16(18)12-7-9-13(17)10-8-12/h3-11H,1-2H3. The average molecular weight is 366 g/mol. The maximum Gasteiger partial charge on any atom is 0.196 e. The van der Waals surface area contributed by atoms with Crippen LogP contribution in [-0.4, -0.2) is 11.9 Å². The van der Waals surface area contributed by atoms with Gasteiger partial charge in [-0.1, -0.05) is 12.1 Å². The number of halogens is 1. The Morgan fingerprint density at radius 3 is 2.32 bits per heavy atom. The molecule has 0 amide bonds. The first-order valence-corrected chi connectivity index (χ1v) is 7.22. The Morgan fingerprint density at radius 2 is 1.68 bits per heavy atom. The van der Waals surface area contributed by atoms with Crippen molar-refractivity contribution in [3.8, 4) is 5.75 Å². The molecule has 0 atom stereocenters. The summed E-state index contributed by atoms with van der Waals surface area (Å²) in [5.41, 5.74) is 1.29. The number of hydrogen-bond acceptors (Lipinski definition) is 2. The SMILES string of the molecule is CC(C)Oc1ccccc1C(=O)c1ccc(I)cc1. The van der Waals surface area contributed by atoms with Gasteiger partial charge in [-0.05, 0) is 72.8 Å². The van der Waals surface area contributed by atoms with E-state index >= 15 is 0 Å². The lowest BCUT2D eigenvalue weighted by Crippen LogP contribution is -2.10. The first-order valence-electron chi connectivity index (χ1n) is 6.14. The van der Waals surface area contributed by atoms with Crippen LogP contribution in [0.3, 0.4) is 0 Å². The lowest BCUT2D eigenvalue weighted by atomic mass is 10.0. The van der Waals surface area contributed by atoms with Gasteiger partial charge in [-0.25, -0.2) is 0 Å². The zero-order valence-electron chi connectivity index (χ0n) is 10.9. The molecule has 0 aromatic heterocycles. The predicted molar refractivity (Wildman–Crippen MR) is 84.8 cm³/mol. The molecule has 2 aromatic carbocycles. The molecule has 0 fully saturated rings. The van der Waals surface area contributed by atoms with Crippen LogP contribution < -0.4 is 4.74 Å². The van der Waals surface area contributed by atoms with Gasteiger partial charge in [0.2, 0.25) is 0 Å². The zero-order chi connectivity index (χ0) is 13.8. The molecule has 2 aromatic rings. The van der Waals surface area contributed by atoms with Crippen molar-refractivity contribution in [1.29, 1.82) is 0 Å². The van der Waals surface area contributed by atoms with Crippen molar-refractivity contribution >= 4 is 28.4 Å². The van der Waals surface area contributed by atoms with Crippen molar-refractivity contribution in [2.24, 2.45) is 0 Å². The van der Waals surface area contributed by atoms with Crippen molar-refractivity contribution in [3.05, 3.63) is 63.2 Å². The van der Waals surface area contributed by atoms with Gasteiger partial charge in [0.15, 0.2) is 5.78 Å². The maximum atomic E-state index is 12.5. The molecule has 98 valence electrons. The number of ketones is 1. The van der Waals surface area contributed by atoms with Crippen molar-refractivity contribution in [2.45, 2.75) is 20.0 Å². The third-order valence-electron chi connectivity index (χ3n) is 2.60. The Labute approximate surface area is 126 Å². The van der Waals surface area contributed by atoms with Gasteiger partial charge in [-0.2, -0.15) is 0 Å². The molecule has 0 spiro atoms. The number of carbonyl (C=O) groups excluding carboxylic acids is 1. The summed E-state index contributed by atoms with van der Waals surface area (Å²) >= 11 is 2.22. The summed E-state index contributed by atoms with van der Waals surface area (Å²) in [7, 11) is 0. The fourth-order valence-corrected chi connectivity index (χ4v) is 2.13. The summed E-state index contributed by atoms with van der Waals surface area (Å²) < 4.78 is 6.80. The second-order valence-electron chi connectivity index (χ2n) is 4.50. The lowest BCUT2D eigenvalue weighted by molar-refractivity contribution is 0.103. The molecule has 0 bridgehead atoms. The molecule has 0 saturated carbocycles. The van der Waals surface area contributed by atoms with Crippen LogP contribution in [0.15, 0.2) is 48.5 Å². The van der Waals surface area contributed by atoms with E-state index in [0.717, 1.165) is 3.57 Å². The van der Waals surface area contributed by atoms with Crippen LogP contribution in [0.1, 0.15) is 29.8 Å². The smallest absolute Gasteiger partial charge is 0.196 e. The molecule has 2 rings (SSSR count). The third-order valence-corrected chi connectivity index (χ3v) is 3.32. The summed E-state index contributed by atoms with van der Waals surface area (Å²) in [6, 6.07) is 14.9. The number of hydrogen-bond donors (Lipinski definition) is 0. The molecule has 0 aliphatic rings. The Morgan fingerprint density at radius 1 is 1.05 bits per heavy atom. The Balaban J connectivity index is 2.35. The predicted octanol–water partition coefficient (Wildman–Crippen LogP) is 4.31. The highest BCUT2D eigenvalue weighted by molar-refractivity contribution is 14.1. The van der Waals surface area contributed by atoms with Gasteiger partial charge >= 0.3 is 0 Å². The Hall–Kier alpha value is -1.36. The summed E-state index contributed by atoms with van der Waals surface area (Å²) in [4.78, 5) is 12.5. The second-order valence-corrected chi connectivity index (χ2v) is 5.74. The van der Waals surface area contributed by atoms with E-state index < -0.39 is 0 Å². The minimum Gasteiger partial charge on any atom is -0.490 e. The normalized spacial score (nSPS) is 10.5. The molecule has 0 radical (unpaired) electrons. The molecule has 3 heteroatoms. The first kappa shape index (κ1) is 14.1. The van der Waals surface area contributed by atoms with Crippen molar-refractivity contribution < 1.29 is 9.53 Å². The van der Waals surface area contributed by atoms with Gasteiger partial charge in [0, 0.05) is 9.13 Å². The van der Waals surface area contributed by atoms with Crippen molar-refractivity contribution in [1.82, 2.24) is 0 Å². The minimum absolute atomic E-state index is 0.00681. The number of para-hydroxylation sites is 1. The largest absolute Gasteiger partial charge is 0.490 e. The molecule has 19 heavy (non-hydrogen) atoms. The van der Waals surface area contributed by atoms with Crippen LogP contribution in [0.25, 0.3) is 0 Å². The molecule has 0 saturated heterocycles. The van der Waals surface area contributed by atoms with Crippen LogP contribution in [0.4, 0.5) is 0 Å². The van der Waals surface area contributed by atoms with E-state index in [4.69, 9.17) is 4.74 Å². The second kappa shape index (κ2) is 6.19. The number of benzene rings is 2. The van der Waals surface area contributed by atoms with Gasteiger partial charge in [0.1, 0.15) is 5.75 Å². The lowest BCUT2D eigenvalue weighted by Gasteiger charge is -2.13. The molecule has 2 nitrogen and oxygen atoms in total. The topological polar surface area (TPSA) is 26.3 Å². The molecule has 0 unspecified atom stereocenters. The van der Waals surface area contributed by atoms with E-state index in [0.29, 0.717) is 16.9 Å². The van der Waals surface area contributed by atoms with E-state index in [1.165, 1.54) is 0 Å². The van der Waals surface area contributed by atoms with Crippen molar-refractivity contribution in [3.63, 3.8) is 0 Å². The highest BCUT2D eigenvalue weighted by Crippen LogP contribution is 2.23. The highest BCUT2D eigenvalue weighted by atomic mass is 127. The van der Waals surface area contributed by atoms with E-state index in [1.54, 1.807) is 6.07 Å². The van der Waals surface area contributed by atoms with Crippen LogP contribution in [0, 0.1) is 3.57 Å². The average Bonchev–Trinajstić information content (AvgIpc) is 2.39. The van der Waals surface area contributed by atoms with Crippen LogP contribution in [0.2, 0.25) is 0 Å². The van der Waals surface area contributed by atoms with Crippen molar-refractivity contribution in [2.75, 3.05) is 0 Å². The zero-order valence-corrected chi connectivity index (χ0v) is 13.0. The molecule has 0 N–H and O–H groups in total. The monoisotopic (exact) mass is 366 g/mol. The molecular formula is C16H15IO2. The summed E-state index contributed by atoms with van der Waals surface area (Å²) in [5, 5.41) is 0. The first-order chi connectivity index (χ1) is 9.08. The number of rotatable bonds is 4. The fourth-order valence-electron chi connectivity index (χ4n) is 1.77.